The summed E-state index contributed by atoms with van der Waals surface area (Å²) < 4.78 is 3.13. The summed E-state index contributed by atoms with van der Waals surface area (Å²) in [6.07, 6.45) is 4.21. The molecule has 23 heavy (non-hydrogen) atoms. The van der Waals surface area contributed by atoms with Crippen LogP contribution >= 0.6 is 39.9 Å². The molecule has 1 aromatic heterocycles. The van der Waals surface area contributed by atoms with Crippen LogP contribution in [0.1, 0.15) is 25.5 Å². The molecule has 0 aliphatic heterocycles. The first-order chi connectivity index (χ1) is 10.5. The maximum atomic E-state index is 11.8. The molecule has 0 atom stereocenters. The number of carbonyl (C=O) groups excluding carboxylic acids is 1. The van der Waals surface area contributed by atoms with Gasteiger partial charge in [-0.15, -0.1) is 24.0 Å². The van der Waals surface area contributed by atoms with Crippen molar-refractivity contribution < 1.29 is 4.79 Å². The number of amides is 1. The van der Waals surface area contributed by atoms with Crippen LogP contribution in [0.15, 0.2) is 21.7 Å². The molecule has 130 valence electrons. The number of guanidine groups is 1. The molecule has 1 heterocycles. The topological polar surface area (TPSA) is 61.7 Å². The van der Waals surface area contributed by atoms with Crippen molar-refractivity contribution in [2.24, 2.45) is 12.0 Å². The lowest BCUT2D eigenvalue weighted by Gasteiger charge is -2.22. The molecule has 0 spiro atoms. The number of halogens is 2. The molecule has 1 amide bonds. The van der Waals surface area contributed by atoms with Crippen LogP contribution in [0.3, 0.4) is 0 Å². The fourth-order valence-electron chi connectivity index (χ4n) is 2.16. The van der Waals surface area contributed by atoms with Crippen molar-refractivity contribution in [2.75, 3.05) is 20.1 Å². The smallest absolute Gasteiger partial charge is 0.242 e. The minimum atomic E-state index is -0.00656. The van der Waals surface area contributed by atoms with Gasteiger partial charge in [0, 0.05) is 43.0 Å². The van der Waals surface area contributed by atoms with Crippen LogP contribution < -0.4 is 10.6 Å². The van der Waals surface area contributed by atoms with Crippen molar-refractivity contribution in [2.45, 2.75) is 32.4 Å². The molecule has 0 aromatic carbocycles. The van der Waals surface area contributed by atoms with Gasteiger partial charge in [0.25, 0.3) is 0 Å². The van der Waals surface area contributed by atoms with Gasteiger partial charge < -0.3 is 20.1 Å². The van der Waals surface area contributed by atoms with Crippen molar-refractivity contribution in [1.82, 2.24) is 20.1 Å². The van der Waals surface area contributed by atoms with E-state index < -0.39 is 0 Å². The molecule has 1 aliphatic carbocycles. The van der Waals surface area contributed by atoms with Gasteiger partial charge in [-0.2, -0.15) is 0 Å². The molecule has 0 radical (unpaired) electrons. The monoisotopic (exact) mass is 497 g/mol. The lowest BCUT2D eigenvalue weighted by atomic mass is 10.4. The Bertz CT molecular complexity index is 556. The molecule has 0 bridgehead atoms. The Morgan fingerprint density at radius 3 is 2.74 bits per heavy atom. The zero-order chi connectivity index (χ0) is 16.1. The van der Waals surface area contributed by atoms with Crippen molar-refractivity contribution in [3.8, 4) is 0 Å². The minimum absolute atomic E-state index is 0. The van der Waals surface area contributed by atoms with Crippen LogP contribution in [0.25, 0.3) is 0 Å². The van der Waals surface area contributed by atoms with Gasteiger partial charge in [-0.05, 0) is 41.8 Å². The average Bonchev–Trinajstić information content (AvgIpc) is 3.20. The van der Waals surface area contributed by atoms with E-state index in [-0.39, 0.29) is 36.4 Å². The van der Waals surface area contributed by atoms with Crippen molar-refractivity contribution in [3.05, 3.63) is 22.4 Å². The van der Waals surface area contributed by atoms with Crippen LogP contribution in [-0.2, 0) is 18.4 Å². The predicted octanol–water partition coefficient (Wildman–Crippen LogP) is 2.08. The van der Waals surface area contributed by atoms with E-state index in [0.717, 1.165) is 36.4 Å². The third kappa shape index (κ3) is 6.70. The van der Waals surface area contributed by atoms with Crippen molar-refractivity contribution in [3.63, 3.8) is 0 Å². The number of aryl methyl sites for hydroxylation is 1. The summed E-state index contributed by atoms with van der Waals surface area (Å²) in [6, 6.07) is 2.46. The van der Waals surface area contributed by atoms with Crippen LogP contribution in [0, 0.1) is 0 Å². The number of nitrogens with zero attached hydrogens (tertiary/aromatic N) is 3. The highest BCUT2D eigenvalue weighted by molar-refractivity contribution is 14.0. The number of nitrogens with one attached hydrogen (secondary N) is 2. The molecular weight excluding hydrogens is 473 g/mol. The summed E-state index contributed by atoms with van der Waals surface area (Å²) in [5, 5.41) is 6.18. The summed E-state index contributed by atoms with van der Waals surface area (Å²) in [7, 11) is 3.99. The molecule has 2 rings (SSSR count). The third-order valence-electron chi connectivity index (χ3n) is 3.49. The van der Waals surface area contributed by atoms with Gasteiger partial charge in [-0.3, -0.25) is 4.79 Å². The highest BCUT2D eigenvalue weighted by Crippen LogP contribution is 2.18. The first-order valence-corrected chi connectivity index (χ1v) is 8.38. The Morgan fingerprint density at radius 1 is 1.52 bits per heavy atom. The number of rotatable bonds is 6. The summed E-state index contributed by atoms with van der Waals surface area (Å²) in [4.78, 5) is 18.2. The second kappa shape index (κ2) is 9.51. The fraction of sp³-hybridized carbons (Fsp3) is 0.600. The fourth-order valence-corrected chi connectivity index (χ4v) is 2.73. The first kappa shape index (κ1) is 20.3. The van der Waals surface area contributed by atoms with Gasteiger partial charge in [0.1, 0.15) is 6.54 Å². The van der Waals surface area contributed by atoms with Crippen molar-refractivity contribution in [1.29, 1.82) is 0 Å². The summed E-state index contributed by atoms with van der Waals surface area (Å²) in [6.45, 7) is 3.68. The van der Waals surface area contributed by atoms with E-state index in [1.807, 2.05) is 32.1 Å². The number of aliphatic imine (C=N–C) groups is 1. The molecular formula is C15H25BrIN5O. The highest BCUT2D eigenvalue weighted by atomic mass is 127. The second-order valence-electron chi connectivity index (χ2n) is 5.63. The average molecular weight is 498 g/mol. The Hall–Kier alpha value is -0.770. The van der Waals surface area contributed by atoms with E-state index in [4.69, 9.17) is 0 Å². The van der Waals surface area contributed by atoms with E-state index in [1.54, 1.807) is 0 Å². The summed E-state index contributed by atoms with van der Waals surface area (Å²) in [5.41, 5.74) is 1.17. The van der Waals surface area contributed by atoms with E-state index in [1.165, 1.54) is 5.69 Å². The summed E-state index contributed by atoms with van der Waals surface area (Å²) in [5.74, 6) is 0.735. The summed E-state index contributed by atoms with van der Waals surface area (Å²) >= 11 is 3.48. The van der Waals surface area contributed by atoms with Gasteiger partial charge >= 0.3 is 0 Å². The molecule has 6 nitrogen and oxygen atoms in total. The standard InChI is InChI=1S/C15H24BrN5O.HI/c1-4-17-15(18-8-14(22)19-12-5-6-12)21(3)10-13-7-11(16)9-20(13)2;/h7,9,12H,4-6,8,10H2,1-3H3,(H,17,18)(H,19,22);1H. The maximum absolute atomic E-state index is 11.8. The number of aromatic nitrogens is 1. The lowest BCUT2D eigenvalue weighted by Crippen LogP contribution is -2.40. The predicted molar refractivity (Wildman–Crippen MR) is 107 cm³/mol. The van der Waals surface area contributed by atoms with Gasteiger partial charge in [-0.1, -0.05) is 0 Å². The Balaban J connectivity index is 0.00000264. The molecule has 1 aromatic rings. The third-order valence-corrected chi connectivity index (χ3v) is 3.92. The van der Waals surface area contributed by atoms with Gasteiger partial charge in [0.15, 0.2) is 5.96 Å². The zero-order valence-corrected chi connectivity index (χ0v) is 17.7. The SMILES string of the molecule is CCNC(=NCC(=O)NC1CC1)N(C)Cc1cc(Br)cn1C.I. The quantitative estimate of drug-likeness (QED) is 0.359. The van der Waals surface area contributed by atoms with E-state index >= 15 is 0 Å². The van der Waals surface area contributed by atoms with Gasteiger partial charge in [0.05, 0.1) is 6.54 Å². The molecule has 0 saturated heterocycles. The van der Waals surface area contributed by atoms with Crippen LogP contribution in [-0.4, -0.2) is 47.5 Å². The first-order valence-electron chi connectivity index (χ1n) is 7.59. The Labute approximate surface area is 163 Å². The number of hydrogen-bond donors (Lipinski definition) is 2. The van der Waals surface area contributed by atoms with E-state index in [9.17, 15) is 4.79 Å². The molecule has 0 unspecified atom stereocenters. The largest absolute Gasteiger partial charge is 0.357 e. The minimum Gasteiger partial charge on any atom is -0.357 e. The highest BCUT2D eigenvalue weighted by Gasteiger charge is 2.23. The van der Waals surface area contributed by atoms with Gasteiger partial charge in [0.2, 0.25) is 5.91 Å². The lowest BCUT2D eigenvalue weighted by molar-refractivity contribution is -0.119. The van der Waals surface area contributed by atoms with Crippen LogP contribution in [0.5, 0.6) is 0 Å². The zero-order valence-electron chi connectivity index (χ0n) is 13.8. The number of carbonyl (C=O) groups is 1. The molecule has 1 fully saturated rings. The molecule has 1 aliphatic rings. The maximum Gasteiger partial charge on any atom is 0.242 e. The molecule has 8 heteroatoms. The number of hydrogen-bond acceptors (Lipinski definition) is 2. The van der Waals surface area contributed by atoms with E-state index in [2.05, 4.69) is 42.2 Å². The second-order valence-corrected chi connectivity index (χ2v) is 6.54. The molecule has 1 saturated carbocycles. The van der Waals surface area contributed by atoms with Crippen LogP contribution in [0.2, 0.25) is 0 Å². The molecule has 2 N–H and O–H groups in total. The van der Waals surface area contributed by atoms with Crippen molar-refractivity contribution >= 4 is 51.8 Å². The van der Waals surface area contributed by atoms with E-state index in [0.29, 0.717) is 6.04 Å². The van der Waals surface area contributed by atoms with Crippen LogP contribution in [0.4, 0.5) is 0 Å². The van der Waals surface area contributed by atoms with Gasteiger partial charge in [-0.25, -0.2) is 4.99 Å². The Morgan fingerprint density at radius 2 is 2.22 bits per heavy atom. The normalized spacial score (nSPS) is 14.2. The Kier molecular flexibility index (Phi) is 8.38.